The van der Waals surface area contributed by atoms with Gasteiger partial charge in [0.25, 0.3) is 0 Å². The van der Waals surface area contributed by atoms with E-state index in [2.05, 4.69) is 25.9 Å². The van der Waals surface area contributed by atoms with E-state index in [4.69, 9.17) is 0 Å². The minimum absolute atomic E-state index is 0.418. The van der Waals surface area contributed by atoms with Gasteiger partial charge in [0.05, 0.1) is 12.4 Å². The molecular formula is C12H10BrFN2. The van der Waals surface area contributed by atoms with Crippen LogP contribution in [0.2, 0.25) is 0 Å². The third kappa shape index (κ3) is 2.27. The smallest absolute Gasteiger partial charge is 0.159 e. The van der Waals surface area contributed by atoms with E-state index in [1.165, 1.54) is 12.4 Å². The summed E-state index contributed by atoms with van der Waals surface area (Å²) in [7, 11) is 0. The summed E-state index contributed by atoms with van der Waals surface area (Å²) in [4.78, 5) is 7.97. The number of hydrogen-bond donors (Lipinski definition) is 0. The first-order valence-corrected chi connectivity index (χ1v) is 5.96. The summed E-state index contributed by atoms with van der Waals surface area (Å²) in [6.45, 7) is 1.99. The van der Waals surface area contributed by atoms with E-state index in [1.807, 2.05) is 25.1 Å². The Morgan fingerprint density at radius 3 is 2.56 bits per heavy atom. The minimum Gasteiger partial charge on any atom is -0.233 e. The number of alkyl halides is 1. The van der Waals surface area contributed by atoms with Crippen molar-refractivity contribution in [2.75, 3.05) is 0 Å². The maximum absolute atomic E-state index is 12.7. The zero-order valence-electron chi connectivity index (χ0n) is 8.74. The lowest BCUT2D eigenvalue weighted by Crippen LogP contribution is -1.93. The molecule has 0 saturated heterocycles. The fraction of sp³-hybridized carbons (Fsp3) is 0.167. The summed E-state index contributed by atoms with van der Waals surface area (Å²) < 4.78 is 12.7. The van der Waals surface area contributed by atoms with Gasteiger partial charge in [0.1, 0.15) is 0 Å². The molecule has 0 N–H and O–H groups in total. The molecule has 4 heteroatoms. The predicted octanol–water partition coefficient (Wildman–Crippen LogP) is 3.49. The van der Waals surface area contributed by atoms with Crippen LogP contribution in [-0.4, -0.2) is 9.97 Å². The molecule has 2 nitrogen and oxygen atoms in total. The van der Waals surface area contributed by atoms with Crippen molar-refractivity contribution in [3.63, 3.8) is 0 Å². The number of aromatic nitrogens is 2. The zero-order chi connectivity index (χ0) is 11.5. The topological polar surface area (TPSA) is 25.8 Å². The Morgan fingerprint density at radius 1 is 1.25 bits per heavy atom. The highest BCUT2D eigenvalue weighted by molar-refractivity contribution is 9.08. The number of aryl methyl sites for hydroxylation is 1. The summed E-state index contributed by atoms with van der Waals surface area (Å²) in [5.74, 6) is 0.139. The van der Waals surface area contributed by atoms with E-state index in [1.54, 1.807) is 0 Å². The number of halogens is 2. The van der Waals surface area contributed by atoms with Crippen molar-refractivity contribution in [2.24, 2.45) is 0 Å². The van der Waals surface area contributed by atoms with Gasteiger partial charge in [-0.2, -0.15) is 0 Å². The molecule has 0 aliphatic heterocycles. The summed E-state index contributed by atoms with van der Waals surface area (Å²) in [6, 6.07) is 6.06. The molecule has 82 valence electrons. The van der Waals surface area contributed by atoms with Gasteiger partial charge in [0.15, 0.2) is 11.6 Å². The second-order valence-electron chi connectivity index (χ2n) is 3.51. The van der Waals surface area contributed by atoms with Crippen molar-refractivity contribution in [1.82, 2.24) is 9.97 Å². The van der Waals surface area contributed by atoms with E-state index in [0.29, 0.717) is 5.82 Å². The van der Waals surface area contributed by atoms with Gasteiger partial charge < -0.3 is 0 Å². The van der Waals surface area contributed by atoms with Crippen LogP contribution >= 0.6 is 15.9 Å². The van der Waals surface area contributed by atoms with E-state index in [9.17, 15) is 4.39 Å². The lowest BCUT2D eigenvalue weighted by molar-refractivity contribution is 0.614. The molecule has 1 heterocycles. The molecule has 0 aliphatic carbocycles. The van der Waals surface area contributed by atoms with Gasteiger partial charge in [-0.15, -0.1) is 0 Å². The minimum atomic E-state index is -0.418. The molecule has 0 amide bonds. The normalized spacial score (nSPS) is 10.4. The molecule has 0 spiro atoms. The molecule has 16 heavy (non-hydrogen) atoms. The van der Waals surface area contributed by atoms with Crippen LogP contribution in [0, 0.1) is 12.7 Å². The fourth-order valence-corrected chi connectivity index (χ4v) is 1.79. The van der Waals surface area contributed by atoms with Gasteiger partial charge in [0, 0.05) is 10.9 Å². The Morgan fingerprint density at radius 2 is 1.94 bits per heavy atom. The van der Waals surface area contributed by atoms with Crippen molar-refractivity contribution in [2.45, 2.75) is 12.3 Å². The number of rotatable bonds is 2. The number of hydrogen-bond acceptors (Lipinski definition) is 2. The van der Waals surface area contributed by atoms with Crippen LogP contribution < -0.4 is 0 Å². The summed E-state index contributed by atoms with van der Waals surface area (Å²) in [5, 5.41) is 0.779. The van der Waals surface area contributed by atoms with Gasteiger partial charge in [-0.05, 0) is 24.1 Å². The van der Waals surface area contributed by atoms with Gasteiger partial charge in [0.2, 0.25) is 0 Å². The van der Waals surface area contributed by atoms with Crippen LogP contribution in [0.3, 0.4) is 0 Å². The summed E-state index contributed by atoms with van der Waals surface area (Å²) in [6.07, 6.45) is 2.37. The quantitative estimate of drug-likeness (QED) is 0.787. The largest absolute Gasteiger partial charge is 0.233 e. The molecule has 0 radical (unpaired) electrons. The Bertz CT molecular complexity index is 497. The number of benzene rings is 1. The van der Waals surface area contributed by atoms with Crippen LogP contribution in [0.25, 0.3) is 11.4 Å². The first-order chi connectivity index (χ1) is 7.70. The molecule has 0 saturated carbocycles. The van der Waals surface area contributed by atoms with Gasteiger partial charge in [-0.3, -0.25) is 0 Å². The Kier molecular flexibility index (Phi) is 3.29. The first-order valence-electron chi connectivity index (χ1n) is 4.84. The second-order valence-corrected chi connectivity index (χ2v) is 4.07. The fourth-order valence-electron chi connectivity index (χ4n) is 1.44. The first kappa shape index (κ1) is 11.2. The zero-order valence-corrected chi connectivity index (χ0v) is 10.3. The lowest BCUT2D eigenvalue weighted by Gasteiger charge is -2.06. The Labute approximate surface area is 102 Å². The maximum atomic E-state index is 12.7. The Balaban J connectivity index is 2.50. The van der Waals surface area contributed by atoms with E-state index >= 15 is 0 Å². The highest BCUT2D eigenvalue weighted by Crippen LogP contribution is 2.22. The molecule has 1 aromatic carbocycles. The maximum Gasteiger partial charge on any atom is 0.159 e. The van der Waals surface area contributed by atoms with Gasteiger partial charge in [-0.25, -0.2) is 14.4 Å². The van der Waals surface area contributed by atoms with Crippen LogP contribution in [0.15, 0.2) is 30.6 Å². The summed E-state index contributed by atoms with van der Waals surface area (Å²) >= 11 is 3.40. The highest BCUT2D eigenvalue weighted by Gasteiger charge is 2.06. The van der Waals surface area contributed by atoms with Crippen molar-refractivity contribution in [3.8, 4) is 11.4 Å². The average molecular weight is 281 g/mol. The van der Waals surface area contributed by atoms with E-state index < -0.39 is 5.82 Å². The van der Waals surface area contributed by atoms with Crippen LogP contribution in [0.1, 0.15) is 11.1 Å². The van der Waals surface area contributed by atoms with E-state index in [0.717, 1.165) is 22.0 Å². The monoisotopic (exact) mass is 280 g/mol. The number of nitrogens with zero attached hydrogens (tertiary/aromatic N) is 2. The molecule has 1 aromatic heterocycles. The third-order valence-electron chi connectivity index (χ3n) is 2.32. The molecule has 0 fully saturated rings. The molecule has 0 aliphatic rings. The predicted molar refractivity (Wildman–Crippen MR) is 64.8 cm³/mol. The second kappa shape index (κ2) is 4.70. The standard InChI is InChI=1S/C12H10BrFN2/c1-8-2-3-9(5-13)4-11(8)12-15-6-10(14)7-16-12/h2-4,6-7H,5H2,1H3. The van der Waals surface area contributed by atoms with E-state index in [-0.39, 0.29) is 0 Å². The summed E-state index contributed by atoms with van der Waals surface area (Å²) in [5.41, 5.74) is 3.17. The SMILES string of the molecule is Cc1ccc(CBr)cc1-c1ncc(F)cn1. The average Bonchev–Trinajstić information content (AvgIpc) is 2.31. The van der Waals surface area contributed by atoms with Crippen molar-refractivity contribution in [1.29, 1.82) is 0 Å². The molecule has 0 bridgehead atoms. The van der Waals surface area contributed by atoms with Gasteiger partial charge >= 0.3 is 0 Å². The Hall–Kier alpha value is -1.29. The molecule has 0 unspecified atom stereocenters. The van der Waals surface area contributed by atoms with Gasteiger partial charge in [-0.1, -0.05) is 28.1 Å². The molecular weight excluding hydrogens is 271 g/mol. The molecule has 2 rings (SSSR count). The van der Waals surface area contributed by atoms with Crippen LogP contribution in [-0.2, 0) is 5.33 Å². The van der Waals surface area contributed by atoms with Crippen LogP contribution in [0.5, 0.6) is 0 Å². The molecule has 2 aromatic rings. The molecule has 0 atom stereocenters. The van der Waals surface area contributed by atoms with Crippen molar-refractivity contribution in [3.05, 3.63) is 47.5 Å². The van der Waals surface area contributed by atoms with Crippen molar-refractivity contribution < 1.29 is 4.39 Å². The lowest BCUT2D eigenvalue weighted by atomic mass is 10.1. The van der Waals surface area contributed by atoms with Crippen molar-refractivity contribution >= 4 is 15.9 Å². The third-order valence-corrected chi connectivity index (χ3v) is 2.96. The van der Waals surface area contributed by atoms with Crippen LogP contribution in [0.4, 0.5) is 4.39 Å². The highest BCUT2D eigenvalue weighted by atomic mass is 79.9.